The van der Waals surface area contributed by atoms with Crippen LogP contribution in [0.3, 0.4) is 0 Å². The summed E-state index contributed by atoms with van der Waals surface area (Å²) in [5.74, 6) is 1.98. The van der Waals surface area contributed by atoms with Gasteiger partial charge in [-0.15, -0.1) is 0 Å². The normalized spacial score (nSPS) is 45.9. The molecule has 0 amide bonds. The highest BCUT2D eigenvalue weighted by molar-refractivity contribution is 5.09. The summed E-state index contributed by atoms with van der Waals surface area (Å²) in [6.45, 7) is 8.91. The Balaban J connectivity index is 1.40. The van der Waals surface area contributed by atoms with Crippen LogP contribution in [-0.2, 0) is 0 Å². The third kappa shape index (κ3) is 4.02. The molecule has 9 atom stereocenters. The summed E-state index contributed by atoms with van der Waals surface area (Å²) in [7, 11) is 0. The van der Waals surface area contributed by atoms with E-state index in [1.807, 2.05) is 0 Å². The zero-order valence-electron chi connectivity index (χ0n) is 20.4. The monoisotopic (exact) mass is 436 g/mol. The number of hydrogen-bond donors (Lipinski definition) is 4. The molecule has 4 fully saturated rings. The highest BCUT2D eigenvalue weighted by Gasteiger charge is 2.60. The van der Waals surface area contributed by atoms with Crippen molar-refractivity contribution in [2.75, 3.05) is 0 Å². The average molecular weight is 437 g/mol. The van der Waals surface area contributed by atoms with E-state index in [9.17, 15) is 20.4 Å². The van der Waals surface area contributed by atoms with Gasteiger partial charge in [0.05, 0.1) is 0 Å². The Labute approximate surface area is 189 Å². The molecule has 0 aliphatic heterocycles. The predicted molar refractivity (Wildman–Crippen MR) is 123 cm³/mol. The van der Waals surface area contributed by atoms with Crippen LogP contribution in [0, 0.1) is 46.3 Å². The zero-order chi connectivity index (χ0) is 22.7. The molecule has 4 nitrogen and oxygen atoms in total. The van der Waals surface area contributed by atoms with Gasteiger partial charge in [-0.1, -0.05) is 46.5 Å². The zero-order valence-corrected chi connectivity index (χ0v) is 20.4. The molecular formula is C27H48O4. The third-order valence-corrected chi connectivity index (χ3v) is 11.4. The lowest BCUT2D eigenvalue weighted by atomic mass is 9.44. The van der Waals surface area contributed by atoms with E-state index in [4.69, 9.17) is 0 Å². The first kappa shape index (κ1) is 24.0. The highest BCUT2D eigenvalue weighted by Crippen LogP contribution is 2.68. The maximum absolute atomic E-state index is 10.2. The second-order valence-corrected chi connectivity index (χ2v) is 12.9. The van der Waals surface area contributed by atoms with Crippen molar-refractivity contribution >= 4 is 0 Å². The van der Waals surface area contributed by atoms with Gasteiger partial charge < -0.3 is 20.4 Å². The van der Waals surface area contributed by atoms with Crippen molar-refractivity contribution in [1.82, 2.24) is 0 Å². The van der Waals surface area contributed by atoms with Crippen LogP contribution in [-0.4, -0.2) is 32.0 Å². The number of rotatable bonds is 6. The van der Waals surface area contributed by atoms with Crippen molar-refractivity contribution in [3.05, 3.63) is 0 Å². The largest absolute Gasteiger partial charge is 0.382 e. The topological polar surface area (TPSA) is 80.9 Å². The molecule has 4 heteroatoms. The minimum atomic E-state index is -3.03. The van der Waals surface area contributed by atoms with Gasteiger partial charge in [-0.2, -0.15) is 0 Å². The Bertz CT molecular complexity index is 640. The molecule has 4 N–H and O–H groups in total. The van der Waals surface area contributed by atoms with Gasteiger partial charge in [0.25, 0.3) is 0 Å². The summed E-state index contributed by atoms with van der Waals surface area (Å²) >= 11 is 0. The fourth-order valence-corrected chi connectivity index (χ4v) is 9.41. The van der Waals surface area contributed by atoms with Gasteiger partial charge in [-0.3, -0.25) is 0 Å². The quantitative estimate of drug-likeness (QED) is 0.430. The van der Waals surface area contributed by atoms with Crippen LogP contribution in [0.15, 0.2) is 0 Å². The summed E-state index contributed by atoms with van der Waals surface area (Å²) in [5.41, 5.74) is -0.847. The molecule has 0 radical (unpaired) electrons. The fraction of sp³-hybridized carbons (Fsp3) is 1.00. The molecule has 3 unspecified atom stereocenters. The van der Waals surface area contributed by atoms with E-state index in [2.05, 4.69) is 20.8 Å². The van der Waals surface area contributed by atoms with Crippen molar-refractivity contribution in [3.63, 3.8) is 0 Å². The Kier molecular flexibility index (Phi) is 6.38. The standard InChI is InChI=1S/C27H48O4/c1-18(8-7-16-26(4,28)27(29,30)31)21-12-13-22-20-11-10-19-9-5-6-15-24(19,2)23(20)14-17-25(21,22)3/h18-23,28-31H,5-17H2,1-4H3/t18?,19?,20-,21+,22-,23-,24-,25+,26?/m0/s1. The maximum atomic E-state index is 10.2. The Morgan fingerprint density at radius 1 is 0.839 bits per heavy atom. The molecule has 4 saturated carbocycles. The minimum Gasteiger partial charge on any atom is -0.382 e. The van der Waals surface area contributed by atoms with Gasteiger partial charge in [0, 0.05) is 0 Å². The molecule has 0 aromatic carbocycles. The second kappa shape index (κ2) is 8.25. The minimum absolute atomic E-state index is 0.193. The fourth-order valence-electron chi connectivity index (χ4n) is 9.41. The average Bonchev–Trinajstić information content (AvgIpc) is 3.03. The Hall–Kier alpha value is -0.160. The van der Waals surface area contributed by atoms with Crippen LogP contribution in [0.2, 0.25) is 0 Å². The molecule has 0 saturated heterocycles. The first-order chi connectivity index (χ1) is 14.4. The SMILES string of the molecule is CC(CCCC(C)(O)C(O)(O)O)[C@H]1CC[C@H]2[C@@H]3CCC4CCCC[C@]4(C)[C@H]3CC[C@]12C. The van der Waals surface area contributed by atoms with Crippen LogP contribution in [0.25, 0.3) is 0 Å². The van der Waals surface area contributed by atoms with Crippen LogP contribution >= 0.6 is 0 Å². The first-order valence-electron chi connectivity index (χ1n) is 13.3. The second-order valence-electron chi connectivity index (χ2n) is 12.9. The maximum Gasteiger partial charge on any atom is 0.305 e. The molecule has 0 bridgehead atoms. The molecule has 4 aliphatic carbocycles. The lowest BCUT2D eigenvalue weighted by Crippen LogP contribution is -2.53. The summed E-state index contributed by atoms with van der Waals surface area (Å²) in [4.78, 5) is 0. The van der Waals surface area contributed by atoms with E-state index in [0.717, 1.165) is 36.0 Å². The number of aliphatic hydroxyl groups is 4. The number of hydrogen-bond acceptors (Lipinski definition) is 4. The summed E-state index contributed by atoms with van der Waals surface area (Å²) in [5, 5.41) is 38.3. The van der Waals surface area contributed by atoms with E-state index in [-0.39, 0.29) is 6.42 Å². The van der Waals surface area contributed by atoms with Gasteiger partial charge in [-0.05, 0) is 111 Å². The van der Waals surface area contributed by atoms with Crippen LogP contribution in [0.1, 0.15) is 111 Å². The van der Waals surface area contributed by atoms with E-state index in [0.29, 0.717) is 23.2 Å². The van der Waals surface area contributed by atoms with Gasteiger partial charge >= 0.3 is 5.97 Å². The molecule has 0 aromatic rings. The lowest BCUT2D eigenvalue weighted by Gasteiger charge is -2.61. The van der Waals surface area contributed by atoms with E-state index in [1.54, 1.807) is 0 Å². The van der Waals surface area contributed by atoms with Crippen LogP contribution < -0.4 is 0 Å². The molecular weight excluding hydrogens is 388 g/mol. The Morgan fingerprint density at radius 3 is 2.26 bits per heavy atom. The lowest BCUT2D eigenvalue weighted by molar-refractivity contribution is -0.388. The van der Waals surface area contributed by atoms with Gasteiger partial charge in [0.1, 0.15) is 5.60 Å². The van der Waals surface area contributed by atoms with Gasteiger partial charge in [0.2, 0.25) is 0 Å². The molecule has 0 aromatic heterocycles. The summed E-state index contributed by atoms with van der Waals surface area (Å²) < 4.78 is 0. The van der Waals surface area contributed by atoms with Crippen molar-refractivity contribution < 1.29 is 20.4 Å². The smallest absolute Gasteiger partial charge is 0.305 e. The number of fused-ring (bicyclic) bond motifs is 5. The third-order valence-electron chi connectivity index (χ3n) is 11.4. The van der Waals surface area contributed by atoms with Crippen LogP contribution in [0.5, 0.6) is 0 Å². The summed E-state index contributed by atoms with van der Waals surface area (Å²) in [6.07, 6.45) is 16.1. The van der Waals surface area contributed by atoms with Gasteiger partial charge in [-0.25, -0.2) is 0 Å². The summed E-state index contributed by atoms with van der Waals surface area (Å²) in [6, 6.07) is 0. The van der Waals surface area contributed by atoms with Crippen molar-refractivity contribution in [2.45, 2.75) is 123 Å². The molecule has 0 spiro atoms. The van der Waals surface area contributed by atoms with E-state index in [1.165, 1.54) is 71.1 Å². The van der Waals surface area contributed by atoms with Gasteiger partial charge in [0.15, 0.2) is 0 Å². The predicted octanol–water partition coefficient (Wildman–Crippen LogP) is 5.22. The molecule has 0 heterocycles. The van der Waals surface area contributed by atoms with E-state index >= 15 is 0 Å². The highest BCUT2D eigenvalue weighted by atomic mass is 16.7. The van der Waals surface area contributed by atoms with Crippen molar-refractivity contribution in [3.8, 4) is 0 Å². The molecule has 180 valence electrons. The molecule has 4 aliphatic rings. The van der Waals surface area contributed by atoms with Crippen molar-refractivity contribution in [1.29, 1.82) is 0 Å². The molecule has 4 rings (SSSR count). The van der Waals surface area contributed by atoms with Crippen molar-refractivity contribution in [2.24, 2.45) is 46.3 Å². The van der Waals surface area contributed by atoms with E-state index < -0.39 is 11.6 Å². The first-order valence-corrected chi connectivity index (χ1v) is 13.3. The Morgan fingerprint density at radius 2 is 1.55 bits per heavy atom. The van der Waals surface area contributed by atoms with Crippen LogP contribution in [0.4, 0.5) is 0 Å². The molecule has 31 heavy (non-hydrogen) atoms.